The van der Waals surface area contributed by atoms with Gasteiger partial charge in [0.1, 0.15) is 0 Å². The lowest BCUT2D eigenvalue weighted by molar-refractivity contribution is 0.249. The van der Waals surface area contributed by atoms with E-state index in [1.807, 2.05) is 19.1 Å². The maximum absolute atomic E-state index is 12.1. The average Bonchev–Trinajstić information content (AvgIpc) is 3.04. The second kappa shape index (κ2) is 7.10. The van der Waals surface area contributed by atoms with E-state index in [1.54, 1.807) is 36.8 Å². The van der Waals surface area contributed by atoms with Crippen LogP contribution in [-0.2, 0) is 0 Å². The van der Waals surface area contributed by atoms with Gasteiger partial charge >= 0.3 is 6.03 Å². The Morgan fingerprint density at radius 3 is 2.62 bits per heavy atom. The summed E-state index contributed by atoms with van der Waals surface area (Å²) in [5.74, 6) is 0.431. The first-order valence-corrected chi connectivity index (χ1v) is 7.64. The maximum atomic E-state index is 12.1. The van der Waals surface area contributed by atoms with Crippen LogP contribution in [0.5, 0.6) is 0 Å². The number of anilines is 1. The van der Waals surface area contributed by atoms with Gasteiger partial charge in [-0.05, 0) is 30.7 Å². The molecular formula is C16H15ClN6O. The number of amides is 2. The number of carbonyl (C=O) groups excluding carboxylic acids is 1. The van der Waals surface area contributed by atoms with Crippen LogP contribution in [0.1, 0.15) is 18.5 Å². The first kappa shape index (κ1) is 15.9. The molecule has 3 rings (SSSR count). The zero-order chi connectivity index (χ0) is 16.9. The number of nitrogens with zero attached hydrogens (tertiary/aromatic N) is 4. The molecule has 0 bridgehead atoms. The van der Waals surface area contributed by atoms with Crippen molar-refractivity contribution >= 4 is 23.3 Å². The second-order valence-corrected chi connectivity index (χ2v) is 5.53. The van der Waals surface area contributed by atoms with Crippen LogP contribution in [0, 0.1) is 0 Å². The Balaban J connectivity index is 1.61. The smallest absolute Gasteiger partial charge is 0.319 e. The van der Waals surface area contributed by atoms with Gasteiger partial charge in [0.05, 0.1) is 24.1 Å². The van der Waals surface area contributed by atoms with E-state index in [0.717, 1.165) is 5.56 Å². The van der Waals surface area contributed by atoms with Gasteiger partial charge in [-0.1, -0.05) is 23.7 Å². The average molecular weight is 343 g/mol. The normalized spacial score (nSPS) is 11.8. The fraction of sp³-hybridized carbons (Fsp3) is 0.125. The lowest BCUT2D eigenvalue weighted by Crippen LogP contribution is -2.31. The molecule has 2 N–H and O–H groups in total. The van der Waals surface area contributed by atoms with Gasteiger partial charge in [-0.15, -0.1) is 0 Å². The van der Waals surface area contributed by atoms with Crippen molar-refractivity contribution in [3.05, 3.63) is 65.7 Å². The topological polar surface area (TPSA) is 84.7 Å². The molecule has 0 aliphatic heterocycles. The zero-order valence-electron chi connectivity index (χ0n) is 12.8. The highest BCUT2D eigenvalue weighted by Gasteiger charge is 2.11. The highest BCUT2D eigenvalue weighted by Crippen LogP contribution is 2.16. The minimum absolute atomic E-state index is 0.158. The molecule has 0 radical (unpaired) electrons. The highest BCUT2D eigenvalue weighted by atomic mass is 35.5. The van der Waals surface area contributed by atoms with E-state index in [1.165, 1.54) is 10.9 Å². The summed E-state index contributed by atoms with van der Waals surface area (Å²) in [5.41, 5.74) is 1.51. The molecule has 24 heavy (non-hydrogen) atoms. The first-order chi connectivity index (χ1) is 11.6. The zero-order valence-corrected chi connectivity index (χ0v) is 13.6. The van der Waals surface area contributed by atoms with Crippen molar-refractivity contribution in [1.82, 2.24) is 25.1 Å². The molecule has 8 heteroatoms. The summed E-state index contributed by atoms with van der Waals surface area (Å²) in [6.45, 7) is 1.89. The molecule has 0 saturated heterocycles. The Morgan fingerprint density at radius 2 is 1.92 bits per heavy atom. The maximum Gasteiger partial charge on any atom is 0.319 e. The molecule has 0 unspecified atom stereocenters. The summed E-state index contributed by atoms with van der Waals surface area (Å²) in [6, 6.07) is 8.56. The monoisotopic (exact) mass is 342 g/mol. The standard InChI is InChI=1S/C16H15ClN6O/c1-11(12-3-5-13(17)6-4-12)21-16(24)22-14-9-20-23(10-14)15-18-7-2-8-19-15/h2-11H,1H3,(H2,21,22,24)/t11-/m1/s1. The molecule has 2 heterocycles. The van der Waals surface area contributed by atoms with Gasteiger partial charge in [0.25, 0.3) is 0 Å². The Labute approximate surface area is 143 Å². The van der Waals surface area contributed by atoms with Gasteiger partial charge in [0.15, 0.2) is 0 Å². The number of benzene rings is 1. The van der Waals surface area contributed by atoms with Gasteiger partial charge in [-0.25, -0.2) is 19.4 Å². The van der Waals surface area contributed by atoms with Crippen LogP contribution in [0.3, 0.4) is 0 Å². The molecule has 0 spiro atoms. The molecule has 2 aromatic heterocycles. The highest BCUT2D eigenvalue weighted by molar-refractivity contribution is 6.30. The van der Waals surface area contributed by atoms with Crippen LogP contribution in [0.2, 0.25) is 5.02 Å². The lowest BCUT2D eigenvalue weighted by Gasteiger charge is -2.14. The molecule has 3 aromatic rings. The van der Waals surface area contributed by atoms with Crippen molar-refractivity contribution in [3.63, 3.8) is 0 Å². The molecule has 122 valence electrons. The van der Waals surface area contributed by atoms with E-state index in [9.17, 15) is 4.79 Å². The molecule has 2 amide bonds. The number of rotatable bonds is 4. The van der Waals surface area contributed by atoms with E-state index in [4.69, 9.17) is 11.6 Å². The van der Waals surface area contributed by atoms with Crippen LogP contribution < -0.4 is 10.6 Å². The van der Waals surface area contributed by atoms with Crippen molar-refractivity contribution in [1.29, 1.82) is 0 Å². The quantitative estimate of drug-likeness (QED) is 0.762. The molecule has 7 nitrogen and oxygen atoms in total. The van der Waals surface area contributed by atoms with Crippen LogP contribution >= 0.6 is 11.6 Å². The number of urea groups is 1. The van der Waals surface area contributed by atoms with Gasteiger partial charge in [0.2, 0.25) is 5.95 Å². The number of nitrogens with one attached hydrogen (secondary N) is 2. The van der Waals surface area contributed by atoms with Gasteiger partial charge in [-0.3, -0.25) is 0 Å². The summed E-state index contributed by atoms with van der Waals surface area (Å²) in [7, 11) is 0. The van der Waals surface area contributed by atoms with Crippen LogP contribution in [0.4, 0.5) is 10.5 Å². The Kier molecular flexibility index (Phi) is 4.72. The number of aromatic nitrogens is 4. The molecule has 0 aliphatic carbocycles. The summed E-state index contributed by atoms with van der Waals surface area (Å²) in [4.78, 5) is 20.3. The largest absolute Gasteiger partial charge is 0.331 e. The van der Waals surface area contributed by atoms with Crippen LogP contribution in [0.15, 0.2) is 55.1 Å². The van der Waals surface area contributed by atoms with Crippen molar-refractivity contribution in [3.8, 4) is 5.95 Å². The Hall–Kier alpha value is -2.93. The Bertz CT molecular complexity index is 818. The summed E-state index contributed by atoms with van der Waals surface area (Å²) >= 11 is 5.86. The first-order valence-electron chi connectivity index (χ1n) is 7.27. The third-order valence-electron chi connectivity index (χ3n) is 3.32. The molecule has 1 atom stereocenters. The van der Waals surface area contributed by atoms with Crippen molar-refractivity contribution in [2.75, 3.05) is 5.32 Å². The van der Waals surface area contributed by atoms with E-state index in [-0.39, 0.29) is 12.1 Å². The molecule has 0 fully saturated rings. The fourth-order valence-electron chi connectivity index (χ4n) is 2.10. The molecule has 1 aromatic carbocycles. The van der Waals surface area contributed by atoms with Crippen LogP contribution in [-0.4, -0.2) is 25.8 Å². The van der Waals surface area contributed by atoms with E-state index >= 15 is 0 Å². The third-order valence-corrected chi connectivity index (χ3v) is 3.57. The Morgan fingerprint density at radius 1 is 1.21 bits per heavy atom. The number of carbonyl (C=O) groups is 1. The van der Waals surface area contributed by atoms with Crippen molar-refractivity contribution < 1.29 is 4.79 Å². The van der Waals surface area contributed by atoms with Crippen LogP contribution in [0.25, 0.3) is 5.95 Å². The van der Waals surface area contributed by atoms with E-state index in [2.05, 4.69) is 25.7 Å². The molecular weight excluding hydrogens is 328 g/mol. The van der Waals surface area contributed by atoms with Gasteiger partial charge in [-0.2, -0.15) is 5.10 Å². The minimum Gasteiger partial charge on any atom is -0.331 e. The van der Waals surface area contributed by atoms with Gasteiger partial charge in [0, 0.05) is 17.4 Å². The summed E-state index contributed by atoms with van der Waals surface area (Å²) in [6.07, 6.45) is 6.42. The van der Waals surface area contributed by atoms with Crippen molar-refractivity contribution in [2.24, 2.45) is 0 Å². The molecule has 0 aliphatic rings. The summed E-state index contributed by atoms with van der Waals surface area (Å²) < 4.78 is 1.48. The van der Waals surface area contributed by atoms with Gasteiger partial charge < -0.3 is 10.6 Å². The predicted octanol–water partition coefficient (Wildman–Crippen LogP) is 3.20. The number of hydrogen-bond donors (Lipinski definition) is 2. The SMILES string of the molecule is C[C@@H](NC(=O)Nc1cnn(-c2ncccn2)c1)c1ccc(Cl)cc1. The lowest BCUT2D eigenvalue weighted by atomic mass is 10.1. The van der Waals surface area contributed by atoms with E-state index < -0.39 is 0 Å². The fourth-order valence-corrected chi connectivity index (χ4v) is 2.23. The summed E-state index contributed by atoms with van der Waals surface area (Å²) in [5, 5.41) is 10.4. The third kappa shape index (κ3) is 3.88. The number of hydrogen-bond acceptors (Lipinski definition) is 4. The minimum atomic E-state index is -0.328. The van der Waals surface area contributed by atoms with Crippen molar-refractivity contribution in [2.45, 2.75) is 13.0 Å². The second-order valence-electron chi connectivity index (χ2n) is 5.09. The predicted molar refractivity (Wildman–Crippen MR) is 91.2 cm³/mol. The van der Waals surface area contributed by atoms with E-state index in [0.29, 0.717) is 16.7 Å². The number of halogens is 1. The molecule has 0 saturated carbocycles.